The first kappa shape index (κ1) is 21.0. The van der Waals surface area contributed by atoms with Crippen molar-refractivity contribution in [2.45, 2.75) is 20.3 Å². The number of benzene rings is 2. The molecule has 5 nitrogen and oxygen atoms in total. The van der Waals surface area contributed by atoms with Gasteiger partial charge in [-0.15, -0.1) is 0 Å². The van der Waals surface area contributed by atoms with E-state index in [1.165, 1.54) is 12.1 Å². The van der Waals surface area contributed by atoms with Gasteiger partial charge in [0.15, 0.2) is 0 Å². The van der Waals surface area contributed by atoms with Gasteiger partial charge in [0.2, 0.25) is 5.91 Å². The maximum atomic E-state index is 13.6. The number of hydrogen-bond acceptors (Lipinski definition) is 3. The summed E-state index contributed by atoms with van der Waals surface area (Å²) < 4.78 is 18.9. The molecule has 3 rings (SSSR count). The highest BCUT2D eigenvalue weighted by Gasteiger charge is 2.27. The Kier molecular flexibility index (Phi) is 6.99. The van der Waals surface area contributed by atoms with E-state index in [0.717, 1.165) is 16.7 Å². The molecule has 1 atom stereocenters. The number of nitrogens with zero attached hydrogens (tertiary/aromatic N) is 1. The van der Waals surface area contributed by atoms with E-state index < -0.39 is 5.92 Å². The number of carbonyl (C=O) groups is 2. The number of morpholine rings is 1. The predicted molar refractivity (Wildman–Crippen MR) is 109 cm³/mol. The second-order valence-corrected chi connectivity index (χ2v) is 7.50. The molecule has 1 saturated heterocycles. The van der Waals surface area contributed by atoms with Crippen molar-refractivity contribution in [3.63, 3.8) is 0 Å². The summed E-state index contributed by atoms with van der Waals surface area (Å²) in [6, 6.07) is 11.9. The van der Waals surface area contributed by atoms with E-state index in [9.17, 15) is 14.0 Å². The fraction of sp³-hybridized carbons (Fsp3) is 0.391. The van der Waals surface area contributed by atoms with E-state index in [-0.39, 0.29) is 24.2 Å². The Labute approximate surface area is 170 Å². The summed E-state index contributed by atoms with van der Waals surface area (Å²) in [6.07, 6.45) is 0.362. The molecule has 1 aliphatic rings. The van der Waals surface area contributed by atoms with Crippen LogP contribution in [0.2, 0.25) is 0 Å². The second-order valence-electron chi connectivity index (χ2n) is 7.50. The number of amides is 2. The summed E-state index contributed by atoms with van der Waals surface area (Å²) in [6.45, 7) is 6.14. The number of ether oxygens (including phenoxy) is 1. The van der Waals surface area contributed by atoms with Crippen LogP contribution in [0.25, 0.3) is 0 Å². The molecule has 0 aliphatic carbocycles. The van der Waals surface area contributed by atoms with Gasteiger partial charge in [0.05, 0.1) is 19.1 Å². The molecule has 1 heterocycles. The van der Waals surface area contributed by atoms with Crippen molar-refractivity contribution in [2.75, 3.05) is 32.8 Å². The normalized spacial score (nSPS) is 15.1. The van der Waals surface area contributed by atoms with Crippen LogP contribution in [0, 0.1) is 25.6 Å². The fourth-order valence-electron chi connectivity index (χ4n) is 3.62. The van der Waals surface area contributed by atoms with E-state index in [1.807, 2.05) is 26.0 Å². The molecule has 29 heavy (non-hydrogen) atoms. The van der Waals surface area contributed by atoms with Crippen LogP contribution in [-0.4, -0.2) is 49.6 Å². The van der Waals surface area contributed by atoms with Crippen LogP contribution < -0.4 is 5.32 Å². The molecule has 0 bridgehead atoms. The van der Waals surface area contributed by atoms with Crippen LogP contribution in [0.5, 0.6) is 0 Å². The van der Waals surface area contributed by atoms with Crippen LogP contribution in [0.3, 0.4) is 0 Å². The Hall–Kier alpha value is -2.73. The van der Waals surface area contributed by atoms with Crippen molar-refractivity contribution < 1.29 is 18.7 Å². The Balaban J connectivity index is 1.73. The molecule has 154 valence electrons. The molecular weight excluding hydrogens is 371 g/mol. The first-order valence-electron chi connectivity index (χ1n) is 9.90. The Morgan fingerprint density at radius 2 is 1.90 bits per heavy atom. The molecule has 2 aromatic rings. The molecule has 1 N–H and O–H groups in total. The lowest BCUT2D eigenvalue weighted by atomic mass is 9.97. The monoisotopic (exact) mass is 398 g/mol. The van der Waals surface area contributed by atoms with Gasteiger partial charge in [0.1, 0.15) is 5.82 Å². The van der Waals surface area contributed by atoms with E-state index in [4.69, 9.17) is 4.74 Å². The average Bonchev–Trinajstić information content (AvgIpc) is 2.71. The third kappa shape index (κ3) is 5.64. The first-order chi connectivity index (χ1) is 13.9. The standard InChI is InChI=1S/C23H27FN2O3/c1-16-6-7-21(17(2)12-16)22(27)25-15-19(13-18-4-3-5-20(24)14-18)23(28)26-8-10-29-11-9-26/h3-7,12,14,19H,8-11,13,15H2,1-2H3,(H,25,27)/t19-/m1/s1. The van der Waals surface area contributed by atoms with Gasteiger partial charge in [0, 0.05) is 25.2 Å². The van der Waals surface area contributed by atoms with Gasteiger partial charge in [0.25, 0.3) is 5.91 Å². The second kappa shape index (κ2) is 9.65. The fourth-order valence-corrected chi connectivity index (χ4v) is 3.62. The van der Waals surface area contributed by atoms with Crippen molar-refractivity contribution >= 4 is 11.8 Å². The summed E-state index contributed by atoms with van der Waals surface area (Å²) in [5.74, 6) is -1.05. The minimum atomic E-state index is -0.468. The van der Waals surface area contributed by atoms with E-state index in [2.05, 4.69) is 5.32 Å². The zero-order valence-electron chi connectivity index (χ0n) is 16.9. The minimum Gasteiger partial charge on any atom is -0.378 e. The first-order valence-corrected chi connectivity index (χ1v) is 9.90. The molecule has 0 unspecified atom stereocenters. The zero-order chi connectivity index (χ0) is 20.8. The lowest BCUT2D eigenvalue weighted by molar-refractivity contribution is -0.139. The largest absolute Gasteiger partial charge is 0.378 e. The topological polar surface area (TPSA) is 58.6 Å². The summed E-state index contributed by atoms with van der Waals surface area (Å²) in [5.41, 5.74) is 3.31. The maximum Gasteiger partial charge on any atom is 0.251 e. The third-order valence-corrected chi connectivity index (χ3v) is 5.18. The molecule has 1 fully saturated rings. The van der Waals surface area contributed by atoms with Gasteiger partial charge in [-0.2, -0.15) is 0 Å². The van der Waals surface area contributed by atoms with Gasteiger partial charge in [-0.05, 0) is 49.6 Å². The molecular formula is C23H27FN2O3. The van der Waals surface area contributed by atoms with E-state index in [1.54, 1.807) is 23.1 Å². The van der Waals surface area contributed by atoms with Crippen LogP contribution in [0.15, 0.2) is 42.5 Å². The Morgan fingerprint density at radius 3 is 2.59 bits per heavy atom. The molecule has 0 saturated carbocycles. The van der Waals surface area contributed by atoms with Crippen LogP contribution in [0.4, 0.5) is 4.39 Å². The predicted octanol–water partition coefficient (Wildman–Crippen LogP) is 2.89. The van der Waals surface area contributed by atoms with Crippen molar-refractivity contribution in [3.8, 4) is 0 Å². The number of halogens is 1. The van der Waals surface area contributed by atoms with Crippen LogP contribution in [0.1, 0.15) is 27.0 Å². The van der Waals surface area contributed by atoms with Crippen LogP contribution >= 0.6 is 0 Å². The number of rotatable bonds is 6. The lowest BCUT2D eigenvalue weighted by Crippen LogP contribution is -2.47. The van der Waals surface area contributed by atoms with E-state index in [0.29, 0.717) is 38.3 Å². The smallest absolute Gasteiger partial charge is 0.251 e. The molecule has 6 heteroatoms. The Bertz CT molecular complexity index is 878. The summed E-state index contributed by atoms with van der Waals surface area (Å²) >= 11 is 0. The van der Waals surface area contributed by atoms with Gasteiger partial charge >= 0.3 is 0 Å². The number of nitrogens with one attached hydrogen (secondary N) is 1. The van der Waals surface area contributed by atoms with Gasteiger partial charge in [-0.1, -0.05) is 29.8 Å². The van der Waals surface area contributed by atoms with Crippen LogP contribution in [-0.2, 0) is 16.0 Å². The van der Waals surface area contributed by atoms with Gasteiger partial charge < -0.3 is 15.0 Å². The van der Waals surface area contributed by atoms with Crippen molar-refractivity contribution in [1.29, 1.82) is 0 Å². The highest BCUT2D eigenvalue weighted by molar-refractivity contribution is 5.96. The molecule has 0 aromatic heterocycles. The van der Waals surface area contributed by atoms with Crippen molar-refractivity contribution in [1.82, 2.24) is 10.2 Å². The molecule has 2 amide bonds. The molecule has 0 spiro atoms. The molecule has 2 aromatic carbocycles. The summed E-state index contributed by atoms with van der Waals surface area (Å²) in [4.78, 5) is 27.5. The average molecular weight is 398 g/mol. The number of aryl methyl sites for hydroxylation is 2. The maximum absolute atomic E-state index is 13.6. The third-order valence-electron chi connectivity index (χ3n) is 5.18. The molecule has 0 radical (unpaired) electrons. The summed E-state index contributed by atoms with van der Waals surface area (Å²) in [7, 11) is 0. The summed E-state index contributed by atoms with van der Waals surface area (Å²) in [5, 5.41) is 2.90. The SMILES string of the molecule is Cc1ccc(C(=O)NC[C@@H](Cc2cccc(F)c2)C(=O)N2CCOCC2)c(C)c1. The van der Waals surface area contributed by atoms with E-state index >= 15 is 0 Å². The van der Waals surface area contributed by atoms with Crippen molar-refractivity contribution in [3.05, 3.63) is 70.5 Å². The number of hydrogen-bond donors (Lipinski definition) is 1. The lowest BCUT2D eigenvalue weighted by Gasteiger charge is -2.30. The van der Waals surface area contributed by atoms with Gasteiger partial charge in [-0.25, -0.2) is 4.39 Å². The van der Waals surface area contributed by atoms with Gasteiger partial charge in [-0.3, -0.25) is 9.59 Å². The minimum absolute atomic E-state index is 0.0431. The van der Waals surface area contributed by atoms with Crippen molar-refractivity contribution in [2.24, 2.45) is 5.92 Å². The highest BCUT2D eigenvalue weighted by atomic mass is 19.1. The Morgan fingerprint density at radius 1 is 1.14 bits per heavy atom. The number of carbonyl (C=O) groups excluding carboxylic acids is 2. The zero-order valence-corrected chi connectivity index (χ0v) is 16.9. The highest BCUT2D eigenvalue weighted by Crippen LogP contribution is 2.15. The molecule has 1 aliphatic heterocycles. The quantitative estimate of drug-likeness (QED) is 0.814.